The van der Waals surface area contributed by atoms with Crippen molar-refractivity contribution in [3.05, 3.63) is 90.1 Å². The van der Waals surface area contributed by atoms with Gasteiger partial charge in [-0.1, -0.05) is 36.4 Å². The van der Waals surface area contributed by atoms with Crippen LogP contribution in [0, 0.1) is 0 Å². The van der Waals surface area contributed by atoms with E-state index in [9.17, 15) is 18.0 Å². The molecule has 1 aromatic heterocycles. The van der Waals surface area contributed by atoms with Gasteiger partial charge < -0.3 is 24.7 Å². The highest BCUT2D eigenvalue weighted by Crippen LogP contribution is 2.23. The largest absolute Gasteiger partial charge is 0.496 e. The van der Waals surface area contributed by atoms with Gasteiger partial charge in [0.1, 0.15) is 5.75 Å². The summed E-state index contributed by atoms with van der Waals surface area (Å²) in [6, 6.07) is 21.3. The number of benzene rings is 3. The first kappa shape index (κ1) is 30.8. The number of anilines is 1. The van der Waals surface area contributed by atoms with Gasteiger partial charge >= 0.3 is 0 Å². The van der Waals surface area contributed by atoms with Crippen molar-refractivity contribution in [2.24, 2.45) is 0 Å². The minimum absolute atomic E-state index is 0.00979. The van der Waals surface area contributed by atoms with Gasteiger partial charge in [-0.05, 0) is 48.4 Å². The van der Waals surface area contributed by atoms with E-state index in [4.69, 9.17) is 9.47 Å². The van der Waals surface area contributed by atoms with Crippen LogP contribution in [-0.2, 0) is 37.3 Å². The molecule has 0 aliphatic rings. The van der Waals surface area contributed by atoms with E-state index in [1.165, 1.54) is 38.3 Å². The number of hydrogen-bond acceptors (Lipinski definition) is 6. The molecule has 0 aliphatic heterocycles. The lowest BCUT2D eigenvalue weighted by atomic mass is 10.1. The van der Waals surface area contributed by atoms with Gasteiger partial charge in [0, 0.05) is 62.0 Å². The summed E-state index contributed by atoms with van der Waals surface area (Å²) in [6.45, 7) is 1.71. The van der Waals surface area contributed by atoms with Gasteiger partial charge in [-0.15, -0.1) is 0 Å². The predicted molar refractivity (Wildman–Crippen MR) is 162 cm³/mol. The number of methoxy groups -OCH3 is 2. The molecule has 11 heteroatoms. The molecule has 0 bridgehead atoms. The van der Waals surface area contributed by atoms with Crippen LogP contribution in [0.5, 0.6) is 5.75 Å². The molecule has 2 N–H and O–H groups in total. The van der Waals surface area contributed by atoms with Crippen molar-refractivity contribution in [1.29, 1.82) is 0 Å². The van der Waals surface area contributed by atoms with E-state index in [0.717, 1.165) is 26.3 Å². The van der Waals surface area contributed by atoms with E-state index in [0.29, 0.717) is 24.4 Å². The molecule has 0 aliphatic carbocycles. The van der Waals surface area contributed by atoms with Gasteiger partial charge in [0.15, 0.2) is 0 Å². The number of fused-ring (bicyclic) bond motifs is 1. The number of carbonyl (C=O) groups is 2. The molecule has 0 spiro atoms. The smallest absolute Gasteiger partial charge is 0.243 e. The van der Waals surface area contributed by atoms with Crippen LogP contribution in [-0.4, -0.2) is 74.9 Å². The molecule has 3 aromatic carbocycles. The first-order valence-corrected chi connectivity index (χ1v) is 15.0. The quantitative estimate of drug-likeness (QED) is 0.228. The molecule has 10 nitrogen and oxygen atoms in total. The van der Waals surface area contributed by atoms with Crippen molar-refractivity contribution in [1.82, 2.24) is 14.2 Å². The van der Waals surface area contributed by atoms with Crippen LogP contribution in [0.4, 0.5) is 5.69 Å². The average Bonchev–Trinajstić information content (AvgIpc) is 3.40. The van der Waals surface area contributed by atoms with Crippen LogP contribution in [0.25, 0.3) is 10.9 Å². The zero-order chi connectivity index (χ0) is 30.1. The normalized spacial score (nSPS) is 11.5. The summed E-state index contributed by atoms with van der Waals surface area (Å²) >= 11 is 0. The Kier molecular flexibility index (Phi) is 10.3. The lowest BCUT2D eigenvalue weighted by molar-refractivity contribution is -0.132. The third kappa shape index (κ3) is 7.55. The topological polar surface area (TPSA) is 121 Å². The van der Waals surface area contributed by atoms with Gasteiger partial charge in [0.25, 0.3) is 0 Å². The number of aromatic amines is 1. The minimum atomic E-state index is -4.06. The molecule has 222 valence electrons. The van der Waals surface area contributed by atoms with Crippen LogP contribution in [0.2, 0.25) is 0 Å². The SMILES string of the molecule is COCCN(CC(=O)N(CCc1c[nH]c2ccccc12)Cc1ccccc1OC)S(=O)(=O)c1ccc(NC(C)=O)cc1. The second kappa shape index (κ2) is 14.1. The molecule has 0 unspecified atom stereocenters. The molecule has 0 radical (unpaired) electrons. The van der Waals surface area contributed by atoms with E-state index in [1.807, 2.05) is 54.7 Å². The number of sulfonamides is 1. The van der Waals surface area contributed by atoms with E-state index < -0.39 is 10.0 Å². The second-order valence-corrected chi connectivity index (χ2v) is 11.7. The van der Waals surface area contributed by atoms with E-state index in [-0.39, 0.29) is 43.0 Å². The first-order valence-electron chi connectivity index (χ1n) is 13.5. The van der Waals surface area contributed by atoms with Gasteiger partial charge in [0.05, 0.1) is 25.2 Å². The molecule has 0 saturated heterocycles. The third-order valence-corrected chi connectivity index (χ3v) is 8.76. The van der Waals surface area contributed by atoms with Crippen LogP contribution in [0.3, 0.4) is 0 Å². The summed E-state index contributed by atoms with van der Waals surface area (Å²) in [6.07, 6.45) is 2.51. The van der Waals surface area contributed by atoms with Crippen molar-refractivity contribution >= 4 is 38.4 Å². The molecule has 0 atom stereocenters. The maximum atomic E-state index is 13.9. The number of H-pyrrole nitrogens is 1. The lowest BCUT2D eigenvalue weighted by Crippen LogP contribution is -2.44. The Morgan fingerprint density at radius 2 is 1.62 bits per heavy atom. The number of ether oxygens (including phenoxy) is 2. The Balaban J connectivity index is 1.60. The zero-order valence-electron chi connectivity index (χ0n) is 24.0. The minimum Gasteiger partial charge on any atom is -0.496 e. The fourth-order valence-corrected chi connectivity index (χ4v) is 6.09. The monoisotopic (exact) mass is 592 g/mol. The molecule has 0 saturated carbocycles. The first-order chi connectivity index (χ1) is 20.2. The molecular formula is C31H36N4O6S. The van der Waals surface area contributed by atoms with Crippen molar-refractivity contribution < 1.29 is 27.5 Å². The number of carbonyl (C=O) groups excluding carboxylic acids is 2. The Labute approximate surface area is 246 Å². The summed E-state index contributed by atoms with van der Waals surface area (Å²) in [5.74, 6) is 0.0292. The van der Waals surface area contributed by atoms with E-state index >= 15 is 0 Å². The standard InChI is InChI=1S/C31H36N4O6S/c1-23(36)33-26-12-14-27(15-13-26)42(38,39)35(18-19-40-2)22-31(37)34(21-25-8-4-7-11-30(25)41-3)17-16-24-20-32-29-10-6-5-9-28(24)29/h4-15,20,32H,16-19,21-22H2,1-3H3,(H,33,36). The Bertz CT molecular complexity index is 1620. The molecule has 0 fully saturated rings. The summed E-state index contributed by atoms with van der Waals surface area (Å²) in [5, 5.41) is 3.70. The van der Waals surface area contributed by atoms with Crippen molar-refractivity contribution in [2.75, 3.05) is 45.8 Å². The van der Waals surface area contributed by atoms with Gasteiger partial charge in [-0.25, -0.2) is 8.42 Å². The average molecular weight is 593 g/mol. The maximum Gasteiger partial charge on any atom is 0.243 e. The lowest BCUT2D eigenvalue weighted by Gasteiger charge is -2.28. The van der Waals surface area contributed by atoms with E-state index in [1.54, 1.807) is 12.0 Å². The Hall–Kier alpha value is -4.19. The highest BCUT2D eigenvalue weighted by molar-refractivity contribution is 7.89. The second-order valence-electron chi connectivity index (χ2n) is 9.77. The maximum absolute atomic E-state index is 13.9. The van der Waals surface area contributed by atoms with Crippen molar-refractivity contribution in [3.63, 3.8) is 0 Å². The summed E-state index contributed by atoms with van der Waals surface area (Å²) in [7, 11) is -1.00. The zero-order valence-corrected chi connectivity index (χ0v) is 24.8. The van der Waals surface area contributed by atoms with Gasteiger partial charge in [-0.3, -0.25) is 9.59 Å². The fourth-order valence-electron chi connectivity index (χ4n) is 4.72. The molecule has 2 amide bonds. The highest BCUT2D eigenvalue weighted by atomic mass is 32.2. The number of aromatic nitrogens is 1. The molecular weight excluding hydrogens is 556 g/mol. The van der Waals surface area contributed by atoms with Gasteiger partial charge in [0.2, 0.25) is 21.8 Å². The number of para-hydroxylation sites is 2. The van der Waals surface area contributed by atoms with Crippen molar-refractivity contribution in [2.45, 2.75) is 24.8 Å². The fraction of sp³-hybridized carbons (Fsp3) is 0.290. The van der Waals surface area contributed by atoms with Crippen LogP contribution < -0.4 is 10.1 Å². The summed E-state index contributed by atoms with van der Waals surface area (Å²) in [4.78, 5) is 30.2. The van der Waals surface area contributed by atoms with Crippen molar-refractivity contribution in [3.8, 4) is 5.75 Å². The number of rotatable bonds is 14. The molecule has 1 heterocycles. The highest BCUT2D eigenvalue weighted by Gasteiger charge is 2.29. The number of nitrogens with zero attached hydrogens (tertiary/aromatic N) is 2. The van der Waals surface area contributed by atoms with Crippen LogP contribution in [0.15, 0.2) is 83.9 Å². The van der Waals surface area contributed by atoms with Gasteiger partial charge in [-0.2, -0.15) is 4.31 Å². The number of nitrogens with one attached hydrogen (secondary N) is 2. The summed E-state index contributed by atoms with van der Waals surface area (Å²) in [5.41, 5.74) is 3.36. The molecule has 42 heavy (non-hydrogen) atoms. The Morgan fingerprint density at radius 1 is 0.905 bits per heavy atom. The number of hydrogen-bond donors (Lipinski definition) is 2. The molecule has 4 rings (SSSR count). The summed E-state index contributed by atoms with van der Waals surface area (Å²) < 4.78 is 39.2. The van der Waals surface area contributed by atoms with Crippen LogP contribution >= 0.6 is 0 Å². The van der Waals surface area contributed by atoms with Crippen LogP contribution in [0.1, 0.15) is 18.1 Å². The number of amides is 2. The predicted octanol–water partition coefficient (Wildman–Crippen LogP) is 4.04. The Morgan fingerprint density at radius 3 is 2.33 bits per heavy atom. The third-order valence-electron chi connectivity index (χ3n) is 6.90. The van der Waals surface area contributed by atoms with E-state index in [2.05, 4.69) is 10.3 Å². The molecule has 4 aromatic rings.